The summed E-state index contributed by atoms with van der Waals surface area (Å²) in [5, 5.41) is 0. The van der Waals surface area contributed by atoms with Crippen LogP contribution in [0.4, 0.5) is 5.82 Å². The lowest BCUT2D eigenvalue weighted by Crippen LogP contribution is -2.05. The van der Waals surface area contributed by atoms with Crippen molar-refractivity contribution in [3.63, 3.8) is 0 Å². The van der Waals surface area contributed by atoms with E-state index in [1.807, 2.05) is 18.0 Å². The number of fused-ring (bicyclic) bond motifs is 1. The molecular formula is C22H30N4S. The van der Waals surface area contributed by atoms with Gasteiger partial charge in [-0.1, -0.05) is 38.0 Å². The molecule has 0 aliphatic heterocycles. The molecule has 0 aliphatic rings. The Bertz CT molecular complexity index is 858. The molecule has 27 heavy (non-hydrogen) atoms. The van der Waals surface area contributed by atoms with E-state index < -0.39 is 0 Å². The number of imidazole rings is 1. The number of thioether (sulfide) groups is 1. The second kappa shape index (κ2) is 9.79. The number of unbranched alkanes of at least 4 members (excludes halogenated alkanes) is 3. The predicted molar refractivity (Wildman–Crippen MR) is 116 cm³/mol. The first-order chi connectivity index (χ1) is 13.2. The Labute approximate surface area is 166 Å². The van der Waals surface area contributed by atoms with Gasteiger partial charge < -0.3 is 10.3 Å². The van der Waals surface area contributed by atoms with Crippen LogP contribution >= 0.6 is 11.8 Å². The highest BCUT2D eigenvalue weighted by Crippen LogP contribution is 2.25. The summed E-state index contributed by atoms with van der Waals surface area (Å²) in [5.41, 5.74) is 9.31. The average Bonchev–Trinajstić information content (AvgIpc) is 3.06. The zero-order chi connectivity index (χ0) is 19.1. The van der Waals surface area contributed by atoms with Crippen molar-refractivity contribution in [2.45, 2.75) is 63.8 Å². The first kappa shape index (κ1) is 19.7. The summed E-state index contributed by atoms with van der Waals surface area (Å²) in [6.45, 7) is 5.33. The summed E-state index contributed by atoms with van der Waals surface area (Å²) in [6, 6.07) is 10.6. The normalized spacial score (nSPS) is 11.3. The van der Waals surface area contributed by atoms with E-state index in [-0.39, 0.29) is 0 Å². The minimum atomic E-state index is 0.548. The molecule has 2 N–H and O–H groups in total. The SMILES string of the molecule is CCCCc1nc2c(N)ncc(C)c2n1CCCCCSc1ccccc1. The minimum absolute atomic E-state index is 0.548. The molecule has 3 aromatic rings. The second-order valence-electron chi connectivity index (χ2n) is 7.03. The molecule has 0 saturated heterocycles. The fourth-order valence-electron chi connectivity index (χ4n) is 3.39. The second-order valence-corrected chi connectivity index (χ2v) is 8.20. The van der Waals surface area contributed by atoms with Crippen molar-refractivity contribution >= 4 is 28.6 Å². The summed E-state index contributed by atoms with van der Waals surface area (Å²) >= 11 is 1.95. The maximum absolute atomic E-state index is 6.10. The van der Waals surface area contributed by atoms with Gasteiger partial charge in [0.2, 0.25) is 0 Å². The molecule has 1 aromatic carbocycles. The first-order valence-electron chi connectivity index (χ1n) is 9.98. The van der Waals surface area contributed by atoms with Crippen molar-refractivity contribution in [1.29, 1.82) is 0 Å². The number of hydrogen-bond acceptors (Lipinski definition) is 4. The van der Waals surface area contributed by atoms with Gasteiger partial charge in [0.05, 0.1) is 5.52 Å². The monoisotopic (exact) mass is 382 g/mol. The number of nitrogens with zero attached hydrogens (tertiary/aromatic N) is 3. The summed E-state index contributed by atoms with van der Waals surface area (Å²) in [6.07, 6.45) is 8.84. The van der Waals surface area contributed by atoms with Crippen LogP contribution in [0, 0.1) is 6.92 Å². The number of aromatic nitrogens is 3. The van der Waals surface area contributed by atoms with Gasteiger partial charge in [0.25, 0.3) is 0 Å². The molecule has 144 valence electrons. The van der Waals surface area contributed by atoms with E-state index in [1.165, 1.54) is 41.8 Å². The lowest BCUT2D eigenvalue weighted by molar-refractivity contribution is 0.584. The molecule has 0 fully saturated rings. The van der Waals surface area contributed by atoms with Crippen LogP contribution in [-0.2, 0) is 13.0 Å². The summed E-state index contributed by atoms with van der Waals surface area (Å²) in [7, 11) is 0. The van der Waals surface area contributed by atoms with Gasteiger partial charge in [0, 0.05) is 24.1 Å². The van der Waals surface area contributed by atoms with Crippen LogP contribution in [0.3, 0.4) is 0 Å². The Morgan fingerprint density at radius 1 is 1.07 bits per heavy atom. The molecule has 0 saturated carbocycles. The molecule has 4 nitrogen and oxygen atoms in total. The minimum Gasteiger partial charge on any atom is -0.382 e. The molecule has 0 atom stereocenters. The predicted octanol–water partition coefficient (Wildman–Crippen LogP) is 5.63. The van der Waals surface area contributed by atoms with Crippen molar-refractivity contribution in [3.05, 3.63) is 47.9 Å². The molecule has 2 aromatic heterocycles. The van der Waals surface area contributed by atoms with Crippen molar-refractivity contribution in [2.75, 3.05) is 11.5 Å². The van der Waals surface area contributed by atoms with Crippen LogP contribution in [-0.4, -0.2) is 20.3 Å². The average molecular weight is 383 g/mol. The quantitative estimate of drug-likeness (QED) is 0.365. The number of hydrogen-bond donors (Lipinski definition) is 1. The summed E-state index contributed by atoms with van der Waals surface area (Å²) in [5.74, 6) is 2.88. The van der Waals surface area contributed by atoms with Crippen LogP contribution in [0.25, 0.3) is 11.0 Å². The van der Waals surface area contributed by atoms with Gasteiger partial charge in [-0.05, 0) is 49.6 Å². The number of benzene rings is 1. The third kappa shape index (κ3) is 5.04. The summed E-state index contributed by atoms with van der Waals surface area (Å²) in [4.78, 5) is 10.5. The number of rotatable bonds is 10. The van der Waals surface area contributed by atoms with E-state index in [0.717, 1.165) is 36.3 Å². The van der Waals surface area contributed by atoms with E-state index in [2.05, 4.69) is 53.7 Å². The maximum Gasteiger partial charge on any atom is 0.151 e. The van der Waals surface area contributed by atoms with Gasteiger partial charge in [0.15, 0.2) is 5.82 Å². The largest absolute Gasteiger partial charge is 0.382 e. The van der Waals surface area contributed by atoms with Crippen molar-refractivity contribution < 1.29 is 0 Å². The standard InChI is InChI=1S/C22H30N4S/c1-3-4-13-19-25-20-21(17(2)16-24-22(20)23)26(19)14-9-6-10-15-27-18-11-7-5-8-12-18/h5,7-8,11-12,16H,3-4,6,9-10,13-15H2,1-2H3,(H2,23,24). The fourth-order valence-corrected chi connectivity index (χ4v) is 4.32. The third-order valence-corrected chi connectivity index (χ3v) is 5.95. The fraction of sp³-hybridized carbons (Fsp3) is 0.455. The molecule has 2 heterocycles. The number of pyridine rings is 1. The first-order valence-corrected chi connectivity index (χ1v) is 11.0. The highest BCUT2D eigenvalue weighted by atomic mass is 32.2. The van der Waals surface area contributed by atoms with Crippen molar-refractivity contribution in [3.8, 4) is 0 Å². The van der Waals surface area contributed by atoms with Crippen LogP contribution in [0.15, 0.2) is 41.4 Å². The van der Waals surface area contributed by atoms with Crippen LogP contribution in [0.5, 0.6) is 0 Å². The van der Waals surface area contributed by atoms with E-state index in [9.17, 15) is 0 Å². The highest BCUT2D eigenvalue weighted by Gasteiger charge is 2.15. The molecule has 0 spiro atoms. The topological polar surface area (TPSA) is 56.7 Å². The Morgan fingerprint density at radius 3 is 2.67 bits per heavy atom. The van der Waals surface area contributed by atoms with E-state index >= 15 is 0 Å². The van der Waals surface area contributed by atoms with Gasteiger partial charge in [0.1, 0.15) is 11.3 Å². The van der Waals surface area contributed by atoms with Crippen LogP contribution in [0.1, 0.15) is 50.4 Å². The Hall–Kier alpha value is -2.01. The van der Waals surface area contributed by atoms with Crippen LogP contribution in [0.2, 0.25) is 0 Å². The number of aryl methyl sites for hydroxylation is 3. The Morgan fingerprint density at radius 2 is 1.89 bits per heavy atom. The highest BCUT2D eigenvalue weighted by molar-refractivity contribution is 7.99. The van der Waals surface area contributed by atoms with Gasteiger partial charge in [-0.2, -0.15) is 0 Å². The molecule has 5 heteroatoms. The molecule has 0 bridgehead atoms. The van der Waals surface area contributed by atoms with Gasteiger partial charge >= 0.3 is 0 Å². The van der Waals surface area contributed by atoms with Crippen molar-refractivity contribution in [1.82, 2.24) is 14.5 Å². The number of anilines is 1. The zero-order valence-corrected chi connectivity index (χ0v) is 17.3. The van der Waals surface area contributed by atoms with Gasteiger partial charge in [-0.3, -0.25) is 0 Å². The Balaban J connectivity index is 1.60. The third-order valence-electron chi connectivity index (χ3n) is 4.85. The van der Waals surface area contributed by atoms with Gasteiger partial charge in [-0.15, -0.1) is 11.8 Å². The Kier molecular flexibility index (Phi) is 7.16. The molecule has 0 amide bonds. The van der Waals surface area contributed by atoms with E-state index in [0.29, 0.717) is 5.82 Å². The molecule has 0 radical (unpaired) electrons. The molecule has 0 unspecified atom stereocenters. The molecular weight excluding hydrogens is 352 g/mol. The lowest BCUT2D eigenvalue weighted by Gasteiger charge is -2.10. The summed E-state index contributed by atoms with van der Waals surface area (Å²) < 4.78 is 2.39. The number of nitrogen functional groups attached to an aromatic ring is 1. The van der Waals surface area contributed by atoms with Gasteiger partial charge in [-0.25, -0.2) is 9.97 Å². The molecule has 3 rings (SSSR count). The van der Waals surface area contributed by atoms with Crippen molar-refractivity contribution in [2.24, 2.45) is 0 Å². The maximum atomic E-state index is 6.10. The van der Waals surface area contributed by atoms with E-state index in [4.69, 9.17) is 10.7 Å². The smallest absolute Gasteiger partial charge is 0.151 e. The zero-order valence-electron chi connectivity index (χ0n) is 16.4. The van der Waals surface area contributed by atoms with Crippen LogP contribution < -0.4 is 5.73 Å². The van der Waals surface area contributed by atoms with E-state index in [1.54, 1.807) is 0 Å². The molecule has 0 aliphatic carbocycles. The lowest BCUT2D eigenvalue weighted by atomic mass is 10.2. The number of nitrogens with two attached hydrogens (primary N) is 1.